The molecule has 0 bridgehead atoms. The van der Waals surface area contributed by atoms with Gasteiger partial charge in [-0.25, -0.2) is 4.98 Å². The first-order chi connectivity index (χ1) is 13.0. The Balaban J connectivity index is 1.91. The van der Waals surface area contributed by atoms with Gasteiger partial charge in [-0.2, -0.15) is 0 Å². The van der Waals surface area contributed by atoms with Gasteiger partial charge in [0.15, 0.2) is 0 Å². The zero-order chi connectivity index (χ0) is 19.6. The van der Waals surface area contributed by atoms with Gasteiger partial charge in [0.2, 0.25) is 0 Å². The zero-order valence-electron chi connectivity index (χ0n) is 15.8. The van der Waals surface area contributed by atoms with Crippen molar-refractivity contribution in [1.29, 1.82) is 0 Å². The molecule has 0 aliphatic carbocycles. The number of aliphatic hydroxyl groups is 1. The standard InChI is InChI=1S/C21H26N4O2/c1-3-25(4-2)15-19(26)14-24-21(27)18-11-8-16(9-12-18)7-10-17-6-5-13-23-20(17)22/h5-6,8-9,11-13,19,26H,3-4,14-15H2,1-2H3,(H2,22,23)(H,24,27). The zero-order valence-corrected chi connectivity index (χ0v) is 15.8. The van der Waals surface area contributed by atoms with Gasteiger partial charge < -0.3 is 21.1 Å². The van der Waals surface area contributed by atoms with Gasteiger partial charge in [-0.15, -0.1) is 0 Å². The van der Waals surface area contributed by atoms with E-state index in [-0.39, 0.29) is 12.5 Å². The normalized spacial score (nSPS) is 11.6. The highest BCUT2D eigenvalue weighted by Gasteiger charge is 2.11. The van der Waals surface area contributed by atoms with Crippen molar-refractivity contribution in [2.75, 3.05) is 31.9 Å². The Kier molecular flexibility index (Phi) is 7.80. The number of benzene rings is 1. The molecule has 1 heterocycles. The number of carbonyl (C=O) groups excluding carboxylic acids is 1. The smallest absolute Gasteiger partial charge is 0.251 e. The topological polar surface area (TPSA) is 91.5 Å². The second-order valence-corrected chi connectivity index (χ2v) is 6.11. The van der Waals surface area contributed by atoms with Crippen molar-refractivity contribution in [1.82, 2.24) is 15.2 Å². The van der Waals surface area contributed by atoms with Gasteiger partial charge >= 0.3 is 0 Å². The molecule has 0 aliphatic rings. The summed E-state index contributed by atoms with van der Waals surface area (Å²) in [7, 11) is 0. The van der Waals surface area contributed by atoms with Crippen molar-refractivity contribution in [2.24, 2.45) is 0 Å². The molecule has 1 amide bonds. The molecule has 0 saturated heterocycles. The lowest BCUT2D eigenvalue weighted by atomic mass is 10.1. The summed E-state index contributed by atoms with van der Waals surface area (Å²) in [6.07, 6.45) is 1.02. The van der Waals surface area contributed by atoms with Crippen LogP contribution in [0.4, 0.5) is 5.82 Å². The van der Waals surface area contributed by atoms with Crippen LogP contribution in [-0.2, 0) is 0 Å². The van der Waals surface area contributed by atoms with E-state index in [2.05, 4.69) is 27.0 Å². The average Bonchev–Trinajstić information content (AvgIpc) is 2.70. The first-order valence-corrected chi connectivity index (χ1v) is 9.04. The molecule has 0 aliphatic heterocycles. The highest BCUT2D eigenvalue weighted by Crippen LogP contribution is 2.07. The van der Waals surface area contributed by atoms with E-state index in [0.29, 0.717) is 23.5 Å². The molecule has 6 heteroatoms. The van der Waals surface area contributed by atoms with Crippen LogP contribution >= 0.6 is 0 Å². The maximum absolute atomic E-state index is 12.2. The highest BCUT2D eigenvalue weighted by atomic mass is 16.3. The first-order valence-electron chi connectivity index (χ1n) is 9.04. The number of nitrogens with one attached hydrogen (secondary N) is 1. The lowest BCUT2D eigenvalue weighted by molar-refractivity contribution is 0.0869. The van der Waals surface area contributed by atoms with Gasteiger partial charge in [-0.05, 0) is 49.5 Å². The summed E-state index contributed by atoms with van der Waals surface area (Å²) in [6, 6.07) is 10.6. The van der Waals surface area contributed by atoms with Crippen molar-refractivity contribution < 1.29 is 9.90 Å². The Morgan fingerprint density at radius 3 is 2.56 bits per heavy atom. The lowest BCUT2D eigenvalue weighted by Crippen LogP contribution is -2.40. The van der Waals surface area contributed by atoms with E-state index in [1.165, 1.54) is 0 Å². The molecular weight excluding hydrogens is 340 g/mol. The number of aliphatic hydroxyl groups excluding tert-OH is 1. The number of anilines is 1. The molecule has 4 N–H and O–H groups in total. The molecule has 0 fully saturated rings. The molecule has 2 rings (SSSR count). The molecule has 1 atom stereocenters. The van der Waals surface area contributed by atoms with Crippen LogP contribution in [-0.4, -0.2) is 53.2 Å². The summed E-state index contributed by atoms with van der Waals surface area (Å²) >= 11 is 0. The van der Waals surface area contributed by atoms with Crippen LogP contribution < -0.4 is 11.1 Å². The number of nitrogens with zero attached hydrogens (tertiary/aromatic N) is 2. The summed E-state index contributed by atoms with van der Waals surface area (Å²) in [6.45, 7) is 6.59. The third-order valence-corrected chi connectivity index (χ3v) is 4.19. The third kappa shape index (κ3) is 6.41. The van der Waals surface area contributed by atoms with E-state index in [1.807, 2.05) is 13.8 Å². The number of nitrogens with two attached hydrogens (primary N) is 1. The molecule has 1 aromatic heterocycles. The fourth-order valence-electron chi connectivity index (χ4n) is 2.52. The van der Waals surface area contributed by atoms with Gasteiger partial charge in [-0.3, -0.25) is 4.79 Å². The quantitative estimate of drug-likeness (QED) is 0.646. The SMILES string of the molecule is CCN(CC)CC(O)CNC(=O)c1ccc(C#Cc2cccnc2N)cc1. The predicted octanol–water partition coefficient (Wildman–Crippen LogP) is 1.50. The Morgan fingerprint density at radius 2 is 1.93 bits per heavy atom. The molecule has 0 spiro atoms. The molecule has 0 radical (unpaired) electrons. The third-order valence-electron chi connectivity index (χ3n) is 4.19. The Morgan fingerprint density at radius 1 is 1.22 bits per heavy atom. The summed E-state index contributed by atoms with van der Waals surface area (Å²) in [4.78, 5) is 18.3. The number of carbonyl (C=O) groups is 1. The minimum Gasteiger partial charge on any atom is -0.390 e. The number of hydrogen-bond donors (Lipinski definition) is 3. The number of amides is 1. The van der Waals surface area contributed by atoms with Gasteiger partial charge in [0.25, 0.3) is 5.91 Å². The Hall–Kier alpha value is -2.88. The number of pyridine rings is 1. The van der Waals surface area contributed by atoms with Crippen LogP contribution in [0, 0.1) is 11.8 Å². The summed E-state index contributed by atoms with van der Waals surface area (Å²) in [5.74, 6) is 6.15. The Bertz CT molecular complexity index is 805. The van der Waals surface area contributed by atoms with Crippen LogP contribution in [0.2, 0.25) is 0 Å². The van der Waals surface area contributed by atoms with Crippen LogP contribution in [0.25, 0.3) is 0 Å². The largest absolute Gasteiger partial charge is 0.390 e. The van der Waals surface area contributed by atoms with Crippen LogP contribution in [0.1, 0.15) is 35.3 Å². The summed E-state index contributed by atoms with van der Waals surface area (Å²) < 4.78 is 0. The van der Waals surface area contributed by atoms with E-state index in [1.54, 1.807) is 42.6 Å². The van der Waals surface area contributed by atoms with Crippen molar-refractivity contribution >= 4 is 11.7 Å². The van der Waals surface area contributed by atoms with Crippen molar-refractivity contribution in [2.45, 2.75) is 20.0 Å². The van der Waals surface area contributed by atoms with E-state index in [4.69, 9.17) is 5.73 Å². The van der Waals surface area contributed by atoms with Crippen molar-refractivity contribution in [3.05, 3.63) is 59.3 Å². The molecular formula is C21H26N4O2. The second kappa shape index (κ2) is 10.3. The Labute approximate surface area is 160 Å². The maximum Gasteiger partial charge on any atom is 0.251 e. The second-order valence-electron chi connectivity index (χ2n) is 6.11. The van der Waals surface area contributed by atoms with Gasteiger partial charge in [-0.1, -0.05) is 25.7 Å². The molecule has 6 nitrogen and oxygen atoms in total. The molecule has 142 valence electrons. The van der Waals surface area contributed by atoms with E-state index in [0.717, 1.165) is 18.7 Å². The van der Waals surface area contributed by atoms with Crippen molar-refractivity contribution in [3.8, 4) is 11.8 Å². The summed E-state index contributed by atoms with van der Waals surface area (Å²) in [5, 5.41) is 12.8. The predicted molar refractivity (Wildman–Crippen MR) is 107 cm³/mol. The fourth-order valence-corrected chi connectivity index (χ4v) is 2.52. The van der Waals surface area contributed by atoms with Crippen LogP contribution in [0.3, 0.4) is 0 Å². The summed E-state index contributed by atoms with van der Waals surface area (Å²) in [5.41, 5.74) is 7.73. The van der Waals surface area contributed by atoms with E-state index in [9.17, 15) is 9.90 Å². The minimum absolute atomic E-state index is 0.218. The van der Waals surface area contributed by atoms with Crippen LogP contribution in [0.5, 0.6) is 0 Å². The van der Waals surface area contributed by atoms with E-state index < -0.39 is 6.10 Å². The molecule has 1 unspecified atom stereocenters. The average molecular weight is 366 g/mol. The van der Waals surface area contributed by atoms with E-state index >= 15 is 0 Å². The lowest BCUT2D eigenvalue weighted by Gasteiger charge is -2.22. The number of hydrogen-bond acceptors (Lipinski definition) is 5. The number of likely N-dealkylation sites (N-methyl/N-ethyl adjacent to an activating group) is 1. The molecule has 1 aromatic carbocycles. The minimum atomic E-state index is -0.594. The number of nitrogen functional groups attached to an aromatic ring is 1. The first kappa shape index (κ1) is 20.4. The van der Waals surface area contributed by atoms with Gasteiger partial charge in [0, 0.05) is 30.4 Å². The molecule has 27 heavy (non-hydrogen) atoms. The molecule has 2 aromatic rings. The number of rotatable bonds is 7. The number of aromatic nitrogens is 1. The van der Waals surface area contributed by atoms with Crippen molar-refractivity contribution in [3.63, 3.8) is 0 Å². The van der Waals surface area contributed by atoms with Gasteiger partial charge in [0.1, 0.15) is 5.82 Å². The maximum atomic E-state index is 12.2. The monoisotopic (exact) mass is 366 g/mol. The van der Waals surface area contributed by atoms with Crippen LogP contribution in [0.15, 0.2) is 42.6 Å². The fraction of sp³-hybridized carbons (Fsp3) is 0.333. The molecule has 0 saturated carbocycles. The van der Waals surface area contributed by atoms with Gasteiger partial charge in [0.05, 0.1) is 11.7 Å². The highest BCUT2D eigenvalue weighted by molar-refractivity contribution is 5.94.